The van der Waals surface area contributed by atoms with E-state index in [1.165, 1.54) is 21.1 Å². The van der Waals surface area contributed by atoms with E-state index in [0.717, 1.165) is 5.56 Å². The third-order valence-corrected chi connectivity index (χ3v) is 6.02. The third kappa shape index (κ3) is 6.51. The van der Waals surface area contributed by atoms with Crippen LogP contribution in [0.2, 0.25) is 0 Å². The molecule has 0 unspecified atom stereocenters. The number of rotatable bonds is 8. The van der Waals surface area contributed by atoms with Crippen LogP contribution < -0.4 is 5.32 Å². The zero-order chi connectivity index (χ0) is 23.8. The summed E-state index contributed by atoms with van der Waals surface area (Å²) in [4.78, 5) is 56.2. The van der Waals surface area contributed by atoms with Crippen molar-refractivity contribution in [2.45, 2.75) is 25.8 Å². The number of carbonyl (C=O) groups is 4. The van der Waals surface area contributed by atoms with Crippen LogP contribution >= 0.6 is 11.3 Å². The highest BCUT2D eigenvalue weighted by Gasteiger charge is 2.31. The van der Waals surface area contributed by atoms with Crippen molar-refractivity contribution in [1.29, 1.82) is 0 Å². The summed E-state index contributed by atoms with van der Waals surface area (Å²) >= 11 is 1.31. The number of benzene rings is 1. The monoisotopic (exact) mass is 474 g/mol. The molecule has 1 saturated heterocycles. The summed E-state index contributed by atoms with van der Waals surface area (Å²) < 4.78 is 4.98. The van der Waals surface area contributed by atoms with Crippen LogP contribution in [0.5, 0.6) is 0 Å². The number of carbonyl (C=O) groups excluding carboxylic acids is 3. The summed E-state index contributed by atoms with van der Waals surface area (Å²) in [5, 5.41) is 14.0. The minimum atomic E-state index is -1.06. The highest BCUT2D eigenvalue weighted by atomic mass is 32.1. The van der Waals surface area contributed by atoms with Crippen LogP contribution in [0.4, 0.5) is 4.79 Å². The Bertz CT molecular complexity index is 988. The molecule has 1 atom stereocenters. The van der Waals surface area contributed by atoms with Crippen LogP contribution in [-0.4, -0.2) is 82.6 Å². The third-order valence-electron chi connectivity index (χ3n) is 5.13. The van der Waals surface area contributed by atoms with Gasteiger partial charge in [0, 0.05) is 43.5 Å². The molecule has 0 saturated carbocycles. The first-order valence-electron chi connectivity index (χ1n) is 10.6. The minimum Gasteiger partial charge on any atom is -0.481 e. The number of hydrogen-bond donors (Lipinski definition) is 2. The number of aromatic nitrogens is 1. The number of piperazine rings is 1. The summed E-state index contributed by atoms with van der Waals surface area (Å²) in [5.41, 5.74) is 1.04. The number of carboxylic acid groups (broad SMARTS) is 1. The molecule has 1 aliphatic heterocycles. The second-order valence-corrected chi connectivity index (χ2v) is 8.23. The molecule has 3 rings (SSSR count). The van der Waals surface area contributed by atoms with Gasteiger partial charge in [0.15, 0.2) is 0 Å². The normalized spacial score (nSPS) is 14.5. The molecule has 3 amide bonds. The summed E-state index contributed by atoms with van der Waals surface area (Å²) in [6.45, 7) is 3.13. The molecular weight excluding hydrogens is 448 g/mol. The fourth-order valence-corrected chi connectivity index (χ4v) is 4.20. The molecule has 11 heteroatoms. The van der Waals surface area contributed by atoms with Crippen molar-refractivity contribution in [1.82, 2.24) is 20.1 Å². The number of ether oxygens (including phenoxy) is 1. The first-order chi connectivity index (χ1) is 15.9. The highest BCUT2D eigenvalue weighted by Crippen LogP contribution is 2.23. The second-order valence-electron chi connectivity index (χ2n) is 7.37. The van der Waals surface area contributed by atoms with Gasteiger partial charge in [0.25, 0.3) is 5.91 Å². The van der Waals surface area contributed by atoms with Gasteiger partial charge in [0.05, 0.1) is 6.61 Å². The quantitative estimate of drug-likeness (QED) is 0.599. The number of hydrogen-bond acceptors (Lipinski definition) is 7. The first-order valence-corrected chi connectivity index (χ1v) is 11.5. The van der Waals surface area contributed by atoms with Gasteiger partial charge in [-0.05, 0) is 13.3 Å². The lowest BCUT2D eigenvalue weighted by Gasteiger charge is -2.35. The zero-order valence-electron chi connectivity index (χ0n) is 18.2. The molecule has 0 aliphatic carbocycles. The lowest BCUT2D eigenvalue weighted by molar-refractivity contribution is -0.138. The lowest BCUT2D eigenvalue weighted by atomic mass is 10.1. The second kappa shape index (κ2) is 11.4. The predicted molar refractivity (Wildman–Crippen MR) is 121 cm³/mol. The van der Waals surface area contributed by atoms with Crippen molar-refractivity contribution < 1.29 is 29.0 Å². The van der Waals surface area contributed by atoms with Crippen LogP contribution in [-0.2, 0) is 14.3 Å². The minimum absolute atomic E-state index is 0.0479. The maximum absolute atomic E-state index is 13.1. The smallest absolute Gasteiger partial charge is 0.409 e. The van der Waals surface area contributed by atoms with E-state index in [9.17, 15) is 19.2 Å². The Morgan fingerprint density at radius 2 is 1.79 bits per heavy atom. The Kier molecular flexibility index (Phi) is 8.36. The van der Waals surface area contributed by atoms with Crippen LogP contribution in [0, 0.1) is 0 Å². The molecule has 176 valence electrons. The Hall–Kier alpha value is -3.47. The van der Waals surface area contributed by atoms with Crippen molar-refractivity contribution in [2.75, 3.05) is 32.8 Å². The van der Waals surface area contributed by atoms with E-state index in [4.69, 9.17) is 9.84 Å². The molecule has 33 heavy (non-hydrogen) atoms. The number of thiazole rings is 1. The van der Waals surface area contributed by atoms with Crippen LogP contribution in [0.3, 0.4) is 0 Å². The molecule has 10 nitrogen and oxygen atoms in total. The van der Waals surface area contributed by atoms with Gasteiger partial charge in [-0.3, -0.25) is 14.4 Å². The van der Waals surface area contributed by atoms with Gasteiger partial charge >= 0.3 is 12.1 Å². The fraction of sp³-hybridized carbons (Fsp3) is 0.409. The molecule has 2 N–H and O–H groups in total. The van der Waals surface area contributed by atoms with E-state index < -0.39 is 24.0 Å². The van der Waals surface area contributed by atoms with Crippen LogP contribution in [0.25, 0.3) is 10.6 Å². The Labute approximate surface area is 195 Å². The number of aliphatic carboxylic acids is 1. The van der Waals surface area contributed by atoms with E-state index in [2.05, 4.69) is 10.3 Å². The van der Waals surface area contributed by atoms with Gasteiger partial charge in [0.1, 0.15) is 16.7 Å². The fourth-order valence-electron chi connectivity index (χ4n) is 3.39. The largest absolute Gasteiger partial charge is 0.481 e. The number of carboxylic acids is 1. The van der Waals surface area contributed by atoms with Crippen molar-refractivity contribution in [2.24, 2.45) is 0 Å². The van der Waals surface area contributed by atoms with Crippen molar-refractivity contribution >= 4 is 35.2 Å². The van der Waals surface area contributed by atoms with Gasteiger partial charge < -0.3 is 25.0 Å². The molecule has 1 aliphatic rings. The Morgan fingerprint density at radius 3 is 2.42 bits per heavy atom. The average molecular weight is 475 g/mol. The molecular formula is C22H26N4O6S. The average Bonchev–Trinajstić information content (AvgIpc) is 3.32. The molecule has 2 aromatic rings. The maximum atomic E-state index is 13.1. The topological polar surface area (TPSA) is 129 Å². The summed E-state index contributed by atoms with van der Waals surface area (Å²) in [5.74, 6) is -1.98. The first kappa shape index (κ1) is 24.2. The molecule has 1 fully saturated rings. The summed E-state index contributed by atoms with van der Waals surface area (Å²) in [7, 11) is 0. The summed E-state index contributed by atoms with van der Waals surface area (Å²) in [6.07, 6.45) is -0.752. The van der Waals surface area contributed by atoms with E-state index in [1.807, 2.05) is 30.3 Å². The number of amides is 3. The lowest BCUT2D eigenvalue weighted by Crippen LogP contribution is -2.56. The van der Waals surface area contributed by atoms with E-state index >= 15 is 0 Å². The Balaban J connectivity index is 1.65. The highest BCUT2D eigenvalue weighted by molar-refractivity contribution is 7.13. The van der Waals surface area contributed by atoms with Crippen molar-refractivity contribution in [3.05, 3.63) is 41.4 Å². The number of nitrogens with one attached hydrogen (secondary N) is 1. The predicted octanol–water partition coefficient (Wildman–Crippen LogP) is 2.07. The standard InChI is InChI=1S/C22H26N4O6S/c1-2-32-22(31)26-12-10-25(11-13-26)21(30)16(8-9-18(27)28)23-19(29)17-14-33-20(24-17)15-6-4-3-5-7-15/h3-7,14,16H,2,8-13H2,1H3,(H,23,29)(H,27,28)/t16-/m0/s1. The molecule has 1 aromatic carbocycles. The SMILES string of the molecule is CCOC(=O)N1CCN(C(=O)[C@H](CCC(=O)O)NC(=O)c2csc(-c3ccccc3)n2)CC1. The Morgan fingerprint density at radius 1 is 1.12 bits per heavy atom. The molecule has 0 bridgehead atoms. The number of nitrogens with zero attached hydrogens (tertiary/aromatic N) is 3. The summed E-state index contributed by atoms with van der Waals surface area (Å²) in [6, 6.07) is 8.39. The van der Waals surface area contributed by atoms with Gasteiger partial charge in [-0.2, -0.15) is 0 Å². The van der Waals surface area contributed by atoms with E-state index in [-0.39, 0.29) is 44.1 Å². The molecule has 1 aromatic heterocycles. The van der Waals surface area contributed by atoms with Gasteiger partial charge in [-0.25, -0.2) is 9.78 Å². The maximum Gasteiger partial charge on any atom is 0.409 e. The van der Waals surface area contributed by atoms with Gasteiger partial charge in [-0.1, -0.05) is 30.3 Å². The molecule has 0 spiro atoms. The van der Waals surface area contributed by atoms with Crippen molar-refractivity contribution in [3.63, 3.8) is 0 Å². The van der Waals surface area contributed by atoms with Crippen molar-refractivity contribution in [3.8, 4) is 10.6 Å². The van der Waals surface area contributed by atoms with Crippen LogP contribution in [0.1, 0.15) is 30.3 Å². The van der Waals surface area contributed by atoms with E-state index in [0.29, 0.717) is 18.1 Å². The van der Waals surface area contributed by atoms with Gasteiger partial charge in [-0.15, -0.1) is 11.3 Å². The van der Waals surface area contributed by atoms with Gasteiger partial charge in [0.2, 0.25) is 5.91 Å². The van der Waals surface area contributed by atoms with Crippen LogP contribution in [0.15, 0.2) is 35.7 Å². The van der Waals surface area contributed by atoms with E-state index in [1.54, 1.807) is 12.3 Å². The molecule has 2 heterocycles. The molecule has 0 radical (unpaired) electrons. The zero-order valence-corrected chi connectivity index (χ0v) is 19.0.